The first-order valence-electron chi connectivity index (χ1n) is 10.9. The van der Waals surface area contributed by atoms with Crippen molar-refractivity contribution in [3.05, 3.63) is 11.6 Å². The fourth-order valence-electron chi connectivity index (χ4n) is 4.58. The fraction of sp³-hybridized carbons (Fsp3) is 0.850. The van der Waals surface area contributed by atoms with Crippen molar-refractivity contribution in [3.63, 3.8) is 0 Å². The molecule has 3 aliphatic rings. The Labute approximate surface area is 191 Å². The van der Waals surface area contributed by atoms with Gasteiger partial charge in [-0.3, -0.25) is 4.90 Å². The number of aliphatic imine (C=N–C) groups is 1. The molecular weight excluding hydrogens is 481 g/mol. The van der Waals surface area contributed by atoms with Crippen LogP contribution in [0.3, 0.4) is 0 Å². The Kier molecular flexibility index (Phi) is 8.55. The highest BCUT2D eigenvalue weighted by atomic mass is 127. The van der Waals surface area contributed by atoms with Gasteiger partial charge in [-0.1, -0.05) is 19.3 Å². The van der Waals surface area contributed by atoms with E-state index in [0.29, 0.717) is 18.6 Å². The van der Waals surface area contributed by atoms with Crippen LogP contribution in [0.25, 0.3) is 0 Å². The average Bonchev–Trinajstić information content (AvgIpc) is 3.35. The quantitative estimate of drug-likeness (QED) is 0.374. The largest absolute Gasteiger partial charge is 0.379 e. The zero-order valence-electron chi connectivity index (χ0n) is 17.8. The highest BCUT2D eigenvalue weighted by Gasteiger charge is 2.31. The van der Waals surface area contributed by atoms with Crippen LogP contribution in [0.1, 0.15) is 50.2 Å². The van der Waals surface area contributed by atoms with Crippen LogP contribution in [0.15, 0.2) is 4.99 Å². The minimum atomic E-state index is 0. The summed E-state index contributed by atoms with van der Waals surface area (Å²) in [6.07, 6.45) is 7.72. The van der Waals surface area contributed by atoms with Crippen LogP contribution < -0.4 is 5.32 Å². The molecule has 1 N–H and O–H groups in total. The van der Waals surface area contributed by atoms with Crippen LogP contribution in [-0.2, 0) is 18.3 Å². The number of halogens is 1. The molecule has 0 radical (unpaired) electrons. The number of nitrogens with one attached hydrogen (secondary N) is 1. The lowest BCUT2D eigenvalue weighted by Gasteiger charge is -2.33. The van der Waals surface area contributed by atoms with Crippen molar-refractivity contribution in [1.29, 1.82) is 0 Å². The summed E-state index contributed by atoms with van der Waals surface area (Å²) in [6, 6.07) is 1.16. The minimum absolute atomic E-state index is 0. The van der Waals surface area contributed by atoms with E-state index in [1.165, 1.54) is 38.5 Å². The van der Waals surface area contributed by atoms with Gasteiger partial charge in [-0.05, 0) is 26.2 Å². The number of ether oxygens (including phenoxy) is 1. The smallest absolute Gasteiger partial charge is 0.194 e. The van der Waals surface area contributed by atoms with E-state index in [4.69, 9.17) is 9.73 Å². The van der Waals surface area contributed by atoms with Gasteiger partial charge in [0, 0.05) is 45.3 Å². The lowest BCUT2D eigenvalue weighted by Crippen LogP contribution is -2.48. The number of hydrogen-bond donors (Lipinski definition) is 1. The van der Waals surface area contributed by atoms with Crippen molar-refractivity contribution in [2.45, 2.75) is 64.1 Å². The molecule has 29 heavy (non-hydrogen) atoms. The third kappa shape index (κ3) is 5.81. The molecule has 1 saturated carbocycles. The number of nitrogens with zero attached hydrogens (tertiary/aromatic N) is 6. The van der Waals surface area contributed by atoms with Gasteiger partial charge in [0.25, 0.3) is 0 Å². The van der Waals surface area contributed by atoms with Crippen LogP contribution in [0, 0.1) is 6.92 Å². The highest BCUT2D eigenvalue weighted by molar-refractivity contribution is 14.0. The molecule has 9 heteroatoms. The SMILES string of the molecule is Cc1nnc(CN=C(NC2CCCCC2)N2CCC(N3CCOCC3)C2)n1C.I. The summed E-state index contributed by atoms with van der Waals surface area (Å²) in [5.74, 6) is 2.91. The monoisotopic (exact) mass is 517 g/mol. The van der Waals surface area contributed by atoms with Crippen molar-refractivity contribution >= 4 is 29.9 Å². The number of rotatable bonds is 4. The molecule has 3 heterocycles. The van der Waals surface area contributed by atoms with E-state index < -0.39 is 0 Å². The maximum absolute atomic E-state index is 5.53. The first-order valence-corrected chi connectivity index (χ1v) is 10.9. The molecule has 164 valence electrons. The second-order valence-corrected chi connectivity index (χ2v) is 8.38. The van der Waals surface area contributed by atoms with Crippen molar-refractivity contribution in [1.82, 2.24) is 29.9 Å². The Bertz CT molecular complexity index is 668. The maximum Gasteiger partial charge on any atom is 0.194 e. The predicted octanol–water partition coefficient (Wildman–Crippen LogP) is 1.93. The van der Waals surface area contributed by atoms with Crippen LogP contribution in [0.5, 0.6) is 0 Å². The average molecular weight is 517 g/mol. The molecule has 1 atom stereocenters. The standard InChI is InChI=1S/C20H35N7O.HI/c1-16-23-24-19(25(16)2)14-21-20(22-17-6-4-3-5-7-17)27-9-8-18(15-27)26-10-12-28-13-11-26;/h17-18H,3-15H2,1-2H3,(H,21,22);1H. The number of aryl methyl sites for hydroxylation is 1. The van der Waals surface area contributed by atoms with Crippen molar-refractivity contribution in [2.24, 2.45) is 12.0 Å². The van der Waals surface area contributed by atoms with Crippen LogP contribution in [0.2, 0.25) is 0 Å². The van der Waals surface area contributed by atoms with Gasteiger partial charge in [-0.25, -0.2) is 4.99 Å². The molecule has 0 amide bonds. The number of hydrogen-bond acceptors (Lipinski definition) is 5. The molecule has 1 aliphatic carbocycles. The molecule has 2 saturated heterocycles. The minimum Gasteiger partial charge on any atom is -0.379 e. The van der Waals surface area contributed by atoms with Gasteiger partial charge >= 0.3 is 0 Å². The molecule has 3 fully saturated rings. The first-order chi connectivity index (χ1) is 13.7. The maximum atomic E-state index is 5.53. The van der Waals surface area contributed by atoms with Gasteiger partial charge in [0.1, 0.15) is 12.4 Å². The molecule has 1 aromatic heterocycles. The van der Waals surface area contributed by atoms with E-state index in [2.05, 4.69) is 25.3 Å². The molecule has 1 unspecified atom stereocenters. The molecule has 0 spiro atoms. The fourth-order valence-corrected chi connectivity index (χ4v) is 4.58. The lowest BCUT2D eigenvalue weighted by molar-refractivity contribution is 0.0194. The molecule has 8 nitrogen and oxygen atoms in total. The highest BCUT2D eigenvalue weighted by Crippen LogP contribution is 2.20. The molecule has 0 aromatic carbocycles. The Morgan fingerprint density at radius 2 is 1.86 bits per heavy atom. The number of aromatic nitrogens is 3. The number of morpholine rings is 1. The summed E-state index contributed by atoms with van der Waals surface area (Å²) in [6.45, 7) is 8.51. The van der Waals surface area contributed by atoms with Gasteiger partial charge in [-0.15, -0.1) is 34.2 Å². The van der Waals surface area contributed by atoms with E-state index >= 15 is 0 Å². The van der Waals surface area contributed by atoms with Crippen molar-refractivity contribution in [2.75, 3.05) is 39.4 Å². The van der Waals surface area contributed by atoms with Gasteiger partial charge < -0.3 is 19.5 Å². The first kappa shape index (κ1) is 22.7. The molecule has 4 rings (SSSR count). The van der Waals surface area contributed by atoms with Crippen LogP contribution in [0.4, 0.5) is 0 Å². The van der Waals surface area contributed by atoms with Crippen LogP contribution in [-0.4, -0.2) is 82.0 Å². The third-order valence-electron chi connectivity index (χ3n) is 6.52. The second-order valence-electron chi connectivity index (χ2n) is 8.38. The van der Waals surface area contributed by atoms with Gasteiger partial charge in [-0.2, -0.15) is 0 Å². The van der Waals surface area contributed by atoms with Gasteiger partial charge in [0.05, 0.1) is 13.2 Å². The Morgan fingerprint density at radius 1 is 1.10 bits per heavy atom. The predicted molar refractivity (Wildman–Crippen MR) is 125 cm³/mol. The topological polar surface area (TPSA) is 70.8 Å². The molecular formula is C20H36IN7O. The summed E-state index contributed by atoms with van der Waals surface area (Å²) in [7, 11) is 2.01. The lowest BCUT2D eigenvalue weighted by atomic mass is 9.96. The summed E-state index contributed by atoms with van der Waals surface area (Å²) in [5.41, 5.74) is 0. The summed E-state index contributed by atoms with van der Waals surface area (Å²) >= 11 is 0. The summed E-state index contributed by atoms with van der Waals surface area (Å²) < 4.78 is 7.56. The summed E-state index contributed by atoms with van der Waals surface area (Å²) in [5, 5.41) is 12.3. The Morgan fingerprint density at radius 3 is 2.55 bits per heavy atom. The van der Waals surface area contributed by atoms with Gasteiger partial charge in [0.2, 0.25) is 0 Å². The number of likely N-dealkylation sites (tertiary alicyclic amines) is 1. The Hall–Kier alpha value is -0.940. The van der Waals surface area contributed by atoms with Crippen molar-refractivity contribution in [3.8, 4) is 0 Å². The van der Waals surface area contributed by atoms with Crippen LogP contribution >= 0.6 is 24.0 Å². The molecule has 2 aliphatic heterocycles. The molecule has 0 bridgehead atoms. The zero-order valence-corrected chi connectivity index (χ0v) is 20.2. The van der Waals surface area contributed by atoms with Gasteiger partial charge in [0.15, 0.2) is 11.8 Å². The normalized spacial score (nSPS) is 24.6. The Balaban J connectivity index is 0.00000240. The number of guanidine groups is 1. The second kappa shape index (κ2) is 10.9. The third-order valence-corrected chi connectivity index (χ3v) is 6.52. The van der Waals surface area contributed by atoms with Crippen molar-refractivity contribution < 1.29 is 4.74 Å². The van der Waals surface area contributed by atoms with E-state index in [1.54, 1.807) is 0 Å². The van der Waals surface area contributed by atoms with E-state index in [-0.39, 0.29) is 24.0 Å². The summed E-state index contributed by atoms with van der Waals surface area (Å²) in [4.78, 5) is 10.0. The van der Waals surface area contributed by atoms with E-state index in [1.807, 2.05) is 18.5 Å². The molecule has 1 aromatic rings. The zero-order chi connectivity index (χ0) is 19.3. The van der Waals surface area contributed by atoms with E-state index in [9.17, 15) is 0 Å². The van der Waals surface area contributed by atoms with E-state index in [0.717, 1.165) is 57.0 Å².